The smallest absolute Gasteiger partial charge is 0.319 e. The molecule has 0 saturated heterocycles. The summed E-state index contributed by atoms with van der Waals surface area (Å²) >= 11 is 0. The third-order valence-electron chi connectivity index (χ3n) is 3.59. The molecule has 2 rings (SSSR count). The van der Waals surface area contributed by atoms with Crippen LogP contribution < -0.4 is 10.6 Å². The largest absolute Gasteiger partial charge is 0.396 e. The molecule has 1 aromatic carbocycles. The SMILES string of the molecule is Cc1ccc(NC(=O)NC2(CCO)CCC2)cc1. The summed E-state index contributed by atoms with van der Waals surface area (Å²) < 4.78 is 0. The van der Waals surface area contributed by atoms with E-state index in [1.54, 1.807) is 0 Å². The fourth-order valence-corrected chi connectivity index (χ4v) is 2.30. The highest BCUT2D eigenvalue weighted by molar-refractivity contribution is 5.89. The van der Waals surface area contributed by atoms with Gasteiger partial charge < -0.3 is 15.7 Å². The zero-order valence-corrected chi connectivity index (χ0v) is 10.7. The standard InChI is InChI=1S/C14H20N2O2/c1-11-3-5-12(6-4-11)15-13(18)16-14(9-10-17)7-2-8-14/h3-6,17H,2,7-10H2,1H3,(H2,15,16,18). The summed E-state index contributed by atoms with van der Waals surface area (Å²) in [7, 11) is 0. The fourth-order valence-electron chi connectivity index (χ4n) is 2.30. The Kier molecular flexibility index (Phi) is 3.87. The summed E-state index contributed by atoms with van der Waals surface area (Å²) in [5.74, 6) is 0. The fraction of sp³-hybridized carbons (Fsp3) is 0.500. The number of benzene rings is 1. The average Bonchev–Trinajstić information content (AvgIpc) is 2.29. The van der Waals surface area contributed by atoms with E-state index in [0.717, 1.165) is 30.5 Å². The number of amides is 2. The van der Waals surface area contributed by atoms with Gasteiger partial charge in [0.1, 0.15) is 0 Å². The summed E-state index contributed by atoms with van der Waals surface area (Å²) in [4.78, 5) is 11.9. The first-order valence-corrected chi connectivity index (χ1v) is 6.40. The number of anilines is 1. The molecule has 0 spiro atoms. The van der Waals surface area contributed by atoms with Crippen LogP contribution in [0.3, 0.4) is 0 Å². The second kappa shape index (κ2) is 5.40. The predicted molar refractivity (Wildman–Crippen MR) is 71.6 cm³/mol. The maximum atomic E-state index is 11.9. The summed E-state index contributed by atoms with van der Waals surface area (Å²) in [6, 6.07) is 7.50. The van der Waals surface area contributed by atoms with Gasteiger partial charge in [0.15, 0.2) is 0 Å². The lowest BCUT2D eigenvalue weighted by molar-refractivity contribution is 0.139. The second-order valence-electron chi connectivity index (χ2n) is 5.05. The van der Waals surface area contributed by atoms with Crippen molar-refractivity contribution >= 4 is 11.7 Å². The molecule has 2 amide bonds. The molecule has 1 aliphatic rings. The quantitative estimate of drug-likeness (QED) is 0.766. The third kappa shape index (κ3) is 3.01. The highest BCUT2D eigenvalue weighted by Gasteiger charge is 2.37. The van der Waals surface area contributed by atoms with Crippen molar-refractivity contribution in [2.24, 2.45) is 0 Å². The van der Waals surface area contributed by atoms with Crippen molar-refractivity contribution in [1.29, 1.82) is 0 Å². The molecule has 0 radical (unpaired) electrons. The third-order valence-corrected chi connectivity index (χ3v) is 3.59. The number of carbonyl (C=O) groups excluding carboxylic acids is 1. The van der Waals surface area contributed by atoms with Crippen molar-refractivity contribution in [3.8, 4) is 0 Å². The molecule has 4 heteroatoms. The van der Waals surface area contributed by atoms with Gasteiger partial charge >= 0.3 is 6.03 Å². The first-order valence-electron chi connectivity index (χ1n) is 6.40. The molecule has 1 saturated carbocycles. The monoisotopic (exact) mass is 248 g/mol. The Morgan fingerprint density at radius 2 is 2.00 bits per heavy atom. The lowest BCUT2D eigenvalue weighted by Crippen LogP contribution is -2.55. The van der Waals surface area contributed by atoms with E-state index in [1.807, 2.05) is 31.2 Å². The summed E-state index contributed by atoms with van der Waals surface area (Å²) in [5, 5.41) is 14.8. The first kappa shape index (κ1) is 12.9. The second-order valence-corrected chi connectivity index (χ2v) is 5.05. The molecule has 0 aromatic heterocycles. The van der Waals surface area contributed by atoms with Gasteiger partial charge in [-0.2, -0.15) is 0 Å². The van der Waals surface area contributed by atoms with Crippen LogP contribution in [0.5, 0.6) is 0 Å². The number of carbonyl (C=O) groups is 1. The Morgan fingerprint density at radius 3 is 2.50 bits per heavy atom. The van der Waals surface area contributed by atoms with Crippen LogP contribution in [0.4, 0.5) is 10.5 Å². The van der Waals surface area contributed by atoms with Crippen LogP contribution in [-0.4, -0.2) is 23.3 Å². The van der Waals surface area contributed by atoms with Gasteiger partial charge in [-0.15, -0.1) is 0 Å². The molecule has 0 bridgehead atoms. The van der Waals surface area contributed by atoms with Crippen molar-refractivity contribution in [1.82, 2.24) is 5.32 Å². The van der Waals surface area contributed by atoms with Crippen LogP contribution in [0.1, 0.15) is 31.2 Å². The lowest BCUT2D eigenvalue weighted by Gasteiger charge is -2.42. The lowest BCUT2D eigenvalue weighted by atomic mass is 9.74. The molecule has 0 aliphatic heterocycles. The van der Waals surface area contributed by atoms with E-state index >= 15 is 0 Å². The Balaban J connectivity index is 1.90. The molecule has 0 heterocycles. The minimum absolute atomic E-state index is 0.116. The van der Waals surface area contributed by atoms with Crippen LogP contribution in [-0.2, 0) is 0 Å². The van der Waals surface area contributed by atoms with E-state index < -0.39 is 0 Å². The van der Waals surface area contributed by atoms with E-state index in [2.05, 4.69) is 10.6 Å². The zero-order valence-electron chi connectivity index (χ0n) is 10.7. The Labute approximate surface area is 107 Å². The number of nitrogens with one attached hydrogen (secondary N) is 2. The van der Waals surface area contributed by atoms with Gasteiger partial charge in [0.2, 0.25) is 0 Å². The van der Waals surface area contributed by atoms with E-state index in [-0.39, 0.29) is 18.2 Å². The van der Waals surface area contributed by atoms with Crippen molar-refractivity contribution < 1.29 is 9.90 Å². The average molecular weight is 248 g/mol. The molecule has 4 nitrogen and oxygen atoms in total. The van der Waals surface area contributed by atoms with E-state index in [0.29, 0.717) is 6.42 Å². The maximum Gasteiger partial charge on any atom is 0.319 e. The molecule has 0 atom stereocenters. The molecular weight excluding hydrogens is 228 g/mol. The number of aliphatic hydroxyl groups excluding tert-OH is 1. The van der Waals surface area contributed by atoms with Crippen molar-refractivity contribution in [2.45, 2.75) is 38.1 Å². The highest BCUT2D eigenvalue weighted by atomic mass is 16.3. The molecule has 3 N–H and O–H groups in total. The summed E-state index contributed by atoms with van der Waals surface area (Å²) in [5.41, 5.74) is 1.76. The minimum Gasteiger partial charge on any atom is -0.396 e. The van der Waals surface area contributed by atoms with Gasteiger partial charge in [-0.25, -0.2) is 4.79 Å². The molecule has 1 fully saturated rings. The number of aryl methyl sites for hydroxylation is 1. The van der Waals surface area contributed by atoms with E-state index in [9.17, 15) is 4.79 Å². The molecule has 1 aromatic rings. The van der Waals surface area contributed by atoms with Crippen molar-refractivity contribution in [3.63, 3.8) is 0 Å². The number of aliphatic hydroxyl groups is 1. The first-order chi connectivity index (χ1) is 8.63. The van der Waals surface area contributed by atoms with Gasteiger partial charge in [0, 0.05) is 17.8 Å². The molecule has 1 aliphatic carbocycles. The topological polar surface area (TPSA) is 61.4 Å². The normalized spacial score (nSPS) is 16.8. The van der Waals surface area contributed by atoms with Crippen LogP contribution in [0.25, 0.3) is 0 Å². The van der Waals surface area contributed by atoms with Crippen molar-refractivity contribution in [3.05, 3.63) is 29.8 Å². The maximum absolute atomic E-state index is 11.9. The molecule has 0 unspecified atom stereocenters. The predicted octanol–water partition coefficient (Wildman–Crippen LogP) is 2.42. The van der Waals surface area contributed by atoms with Gasteiger partial charge in [0.05, 0.1) is 0 Å². The summed E-state index contributed by atoms with van der Waals surface area (Å²) in [6.45, 7) is 2.12. The van der Waals surface area contributed by atoms with Gasteiger partial charge in [-0.3, -0.25) is 0 Å². The van der Waals surface area contributed by atoms with Gasteiger partial charge in [-0.05, 0) is 44.7 Å². The van der Waals surface area contributed by atoms with Crippen LogP contribution in [0.15, 0.2) is 24.3 Å². The number of hydrogen-bond acceptors (Lipinski definition) is 2. The van der Waals surface area contributed by atoms with Crippen molar-refractivity contribution in [2.75, 3.05) is 11.9 Å². The van der Waals surface area contributed by atoms with Crippen LogP contribution in [0, 0.1) is 6.92 Å². The van der Waals surface area contributed by atoms with Crippen LogP contribution >= 0.6 is 0 Å². The van der Waals surface area contributed by atoms with E-state index in [4.69, 9.17) is 5.11 Å². The Hall–Kier alpha value is -1.55. The number of hydrogen-bond donors (Lipinski definition) is 3. The minimum atomic E-state index is -0.191. The molecule has 18 heavy (non-hydrogen) atoms. The van der Waals surface area contributed by atoms with Crippen LogP contribution in [0.2, 0.25) is 0 Å². The Bertz CT molecular complexity index is 410. The zero-order chi connectivity index (χ0) is 13.0. The van der Waals surface area contributed by atoms with Gasteiger partial charge in [-0.1, -0.05) is 17.7 Å². The summed E-state index contributed by atoms with van der Waals surface area (Å²) in [6.07, 6.45) is 3.66. The molecular formula is C14H20N2O2. The number of urea groups is 1. The Morgan fingerprint density at radius 1 is 1.33 bits per heavy atom. The van der Waals surface area contributed by atoms with Gasteiger partial charge in [0.25, 0.3) is 0 Å². The van der Waals surface area contributed by atoms with E-state index in [1.165, 1.54) is 0 Å². The number of rotatable bonds is 4. The highest BCUT2D eigenvalue weighted by Crippen LogP contribution is 2.34. The molecule has 98 valence electrons.